The summed E-state index contributed by atoms with van der Waals surface area (Å²) in [5.41, 5.74) is 1.58. The van der Waals surface area contributed by atoms with Crippen molar-refractivity contribution in [2.75, 3.05) is 7.11 Å². The van der Waals surface area contributed by atoms with E-state index in [9.17, 15) is 9.18 Å². The molecule has 0 radical (unpaired) electrons. The summed E-state index contributed by atoms with van der Waals surface area (Å²) in [6.07, 6.45) is 1.51. The van der Waals surface area contributed by atoms with Crippen molar-refractivity contribution in [1.29, 1.82) is 0 Å². The van der Waals surface area contributed by atoms with Crippen molar-refractivity contribution in [2.45, 2.75) is 0 Å². The highest BCUT2D eigenvalue weighted by Gasteiger charge is 2.13. The third-order valence-corrected chi connectivity index (χ3v) is 3.83. The van der Waals surface area contributed by atoms with E-state index in [4.69, 9.17) is 4.74 Å². The Labute approximate surface area is 118 Å². The highest BCUT2D eigenvalue weighted by molar-refractivity contribution is 7.17. The Bertz CT molecular complexity index is 797. The van der Waals surface area contributed by atoms with Crippen molar-refractivity contribution >= 4 is 27.3 Å². The van der Waals surface area contributed by atoms with Crippen molar-refractivity contribution in [1.82, 2.24) is 4.98 Å². The number of benzene rings is 1. The van der Waals surface area contributed by atoms with E-state index in [1.165, 1.54) is 36.8 Å². The molecule has 3 nitrogen and oxygen atoms in total. The predicted octanol–water partition coefficient (Wildman–Crippen LogP) is 3.68. The summed E-state index contributed by atoms with van der Waals surface area (Å²) >= 11 is 1.51. The Hall–Kier alpha value is -2.27. The van der Waals surface area contributed by atoms with E-state index < -0.39 is 5.82 Å². The number of carbonyl (C=O) groups excluding carboxylic acids is 1. The summed E-state index contributed by atoms with van der Waals surface area (Å²) in [6.45, 7) is 0. The molecule has 0 spiro atoms. The smallest absolute Gasteiger partial charge is 0.194 e. The zero-order valence-electron chi connectivity index (χ0n) is 10.6. The molecule has 100 valence electrons. The number of nitrogens with zero attached hydrogens (tertiary/aromatic N) is 1. The predicted molar refractivity (Wildman–Crippen MR) is 76.0 cm³/mol. The van der Waals surface area contributed by atoms with Crippen molar-refractivity contribution in [3.05, 3.63) is 58.9 Å². The van der Waals surface area contributed by atoms with Gasteiger partial charge in [0.05, 0.1) is 17.3 Å². The van der Waals surface area contributed by atoms with Gasteiger partial charge in [0.1, 0.15) is 0 Å². The average Bonchev–Trinajstić information content (AvgIpc) is 2.93. The van der Waals surface area contributed by atoms with Gasteiger partial charge in [-0.05, 0) is 35.7 Å². The van der Waals surface area contributed by atoms with Gasteiger partial charge in [-0.15, -0.1) is 11.3 Å². The maximum atomic E-state index is 13.6. The van der Waals surface area contributed by atoms with Crippen LogP contribution in [0.4, 0.5) is 4.39 Å². The lowest BCUT2D eigenvalue weighted by molar-refractivity contribution is 0.103. The maximum absolute atomic E-state index is 13.6. The van der Waals surface area contributed by atoms with Crippen LogP contribution in [-0.4, -0.2) is 17.9 Å². The van der Waals surface area contributed by atoms with E-state index in [1.807, 2.05) is 11.4 Å². The molecule has 5 heteroatoms. The number of ketones is 1. The van der Waals surface area contributed by atoms with Crippen molar-refractivity contribution < 1.29 is 13.9 Å². The number of methoxy groups -OCH3 is 1. The monoisotopic (exact) mass is 287 g/mol. The molecule has 0 atom stereocenters. The Morgan fingerprint density at radius 2 is 2.10 bits per heavy atom. The van der Waals surface area contributed by atoms with E-state index in [0.717, 1.165) is 10.2 Å². The Morgan fingerprint density at radius 1 is 1.25 bits per heavy atom. The lowest BCUT2D eigenvalue weighted by Crippen LogP contribution is -2.03. The highest BCUT2D eigenvalue weighted by atomic mass is 32.1. The number of hydrogen-bond donors (Lipinski definition) is 0. The molecule has 0 unspecified atom stereocenters. The molecule has 0 aliphatic carbocycles. The number of halogens is 1. The molecule has 3 rings (SSSR count). The number of hydrogen-bond acceptors (Lipinski definition) is 4. The highest BCUT2D eigenvalue weighted by Crippen LogP contribution is 2.23. The summed E-state index contributed by atoms with van der Waals surface area (Å²) in [5.74, 6) is -0.689. The van der Waals surface area contributed by atoms with Gasteiger partial charge in [0.2, 0.25) is 0 Å². The van der Waals surface area contributed by atoms with Crippen LogP contribution in [0.5, 0.6) is 5.75 Å². The van der Waals surface area contributed by atoms with Gasteiger partial charge in [-0.25, -0.2) is 4.39 Å². The maximum Gasteiger partial charge on any atom is 0.194 e. The second-order valence-corrected chi connectivity index (χ2v) is 5.15. The Morgan fingerprint density at radius 3 is 2.85 bits per heavy atom. The minimum absolute atomic E-state index is 0.119. The second-order valence-electron chi connectivity index (χ2n) is 4.21. The van der Waals surface area contributed by atoms with E-state index in [1.54, 1.807) is 12.1 Å². The van der Waals surface area contributed by atoms with Gasteiger partial charge in [0.25, 0.3) is 0 Å². The van der Waals surface area contributed by atoms with Crippen LogP contribution < -0.4 is 4.74 Å². The van der Waals surface area contributed by atoms with Gasteiger partial charge in [-0.1, -0.05) is 0 Å². The van der Waals surface area contributed by atoms with Gasteiger partial charge in [-0.2, -0.15) is 0 Å². The van der Waals surface area contributed by atoms with Crippen LogP contribution in [0.1, 0.15) is 15.9 Å². The van der Waals surface area contributed by atoms with Crippen LogP contribution in [0.2, 0.25) is 0 Å². The summed E-state index contributed by atoms with van der Waals surface area (Å²) in [6, 6.07) is 7.83. The molecule has 0 aliphatic heterocycles. The van der Waals surface area contributed by atoms with Gasteiger partial charge in [0.15, 0.2) is 17.3 Å². The Kier molecular flexibility index (Phi) is 3.20. The first kappa shape index (κ1) is 12.7. The number of ether oxygens (including phenoxy) is 1. The quantitative estimate of drug-likeness (QED) is 0.690. The molecule has 20 heavy (non-hydrogen) atoms. The third-order valence-electron chi connectivity index (χ3n) is 2.98. The first-order valence-corrected chi connectivity index (χ1v) is 6.78. The SMILES string of the molecule is COc1ccc(C(=O)c2cnc3ccsc3c2)cc1F. The minimum atomic E-state index is -0.552. The molecule has 0 saturated heterocycles. The van der Waals surface area contributed by atoms with Gasteiger partial charge in [-0.3, -0.25) is 9.78 Å². The van der Waals surface area contributed by atoms with Crippen molar-refractivity contribution in [3.63, 3.8) is 0 Å². The number of thiophene rings is 1. The number of fused-ring (bicyclic) bond motifs is 1. The minimum Gasteiger partial charge on any atom is -0.494 e. The van der Waals surface area contributed by atoms with Gasteiger partial charge >= 0.3 is 0 Å². The molecule has 0 aliphatic rings. The summed E-state index contributed by atoms with van der Waals surface area (Å²) in [4.78, 5) is 16.5. The topological polar surface area (TPSA) is 39.2 Å². The third kappa shape index (κ3) is 2.16. The van der Waals surface area contributed by atoms with Crippen LogP contribution in [0.3, 0.4) is 0 Å². The van der Waals surface area contributed by atoms with Crippen molar-refractivity contribution in [2.24, 2.45) is 0 Å². The molecule has 3 aromatic rings. The normalized spacial score (nSPS) is 10.7. The standard InChI is InChI=1S/C15H10FNO2S/c1-19-13-3-2-9(6-11(13)16)15(18)10-7-14-12(17-8-10)4-5-20-14/h2-8H,1H3. The zero-order valence-corrected chi connectivity index (χ0v) is 11.4. The molecular formula is C15H10FNO2S. The largest absolute Gasteiger partial charge is 0.494 e. The fourth-order valence-corrected chi connectivity index (χ4v) is 2.72. The molecule has 0 saturated carbocycles. The lowest BCUT2D eigenvalue weighted by Gasteiger charge is -2.04. The van der Waals surface area contributed by atoms with Gasteiger partial charge in [0, 0.05) is 17.3 Å². The van der Waals surface area contributed by atoms with Crippen LogP contribution in [0.15, 0.2) is 41.9 Å². The summed E-state index contributed by atoms with van der Waals surface area (Å²) in [7, 11) is 1.38. The fourth-order valence-electron chi connectivity index (χ4n) is 1.94. The van der Waals surface area contributed by atoms with Crippen LogP contribution >= 0.6 is 11.3 Å². The molecule has 1 aromatic carbocycles. The number of carbonyl (C=O) groups is 1. The average molecular weight is 287 g/mol. The summed E-state index contributed by atoms with van der Waals surface area (Å²) in [5, 5.41) is 1.92. The molecule has 0 amide bonds. The fraction of sp³-hybridized carbons (Fsp3) is 0.0667. The van der Waals surface area contributed by atoms with Crippen LogP contribution in [-0.2, 0) is 0 Å². The van der Waals surface area contributed by atoms with Crippen LogP contribution in [0, 0.1) is 5.82 Å². The van der Waals surface area contributed by atoms with E-state index in [-0.39, 0.29) is 17.1 Å². The number of rotatable bonds is 3. The molecule has 0 N–H and O–H groups in total. The van der Waals surface area contributed by atoms with E-state index in [2.05, 4.69) is 4.98 Å². The molecule has 0 fully saturated rings. The van der Waals surface area contributed by atoms with Gasteiger partial charge < -0.3 is 4.74 Å². The van der Waals surface area contributed by atoms with Crippen LogP contribution in [0.25, 0.3) is 10.2 Å². The lowest BCUT2D eigenvalue weighted by atomic mass is 10.0. The zero-order chi connectivity index (χ0) is 14.1. The molecular weight excluding hydrogens is 277 g/mol. The second kappa shape index (κ2) is 5.02. The number of pyridine rings is 1. The number of aromatic nitrogens is 1. The molecule has 2 heterocycles. The molecule has 0 bridgehead atoms. The first-order chi connectivity index (χ1) is 9.69. The van der Waals surface area contributed by atoms with Crippen molar-refractivity contribution in [3.8, 4) is 5.75 Å². The Balaban J connectivity index is 2.00. The van der Waals surface area contributed by atoms with E-state index >= 15 is 0 Å². The first-order valence-electron chi connectivity index (χ1n) is 5.90. The summed E-state index contributed by atoms with van der Waals surface area (Å²) < 4.78 is 19.4. The van der Waals surface area contributed by atoms with E-state index in [0.29, 0.717) is 5.56 Å². The molecule has 2 aromatic heterocycles.